The van der Waals surface area contributed by atoms with Crippen LogP contribution in [-0.2, 0) is 16.6 Å². The van der Waals surface area contributed by atoms with E-state index in [1.807, 2.05) is 30.3 Å². The van der Waals surface area contributed by atoms with Crippen LogP contribution in [0.15, 0.2) is 46.9 Å². The molecule has 1 N–H and O–H groups in total. The van der Waals surface area contributed by atoms with Crippen LogP contribution >= 0.6 is 22.9 Å². The van der Waals surface area contributed by atoms with Crippen molar-refractivity contribution in [2.45, 2.75) is 10.8 Å². The molecule has 0 aliphatic carbocycles. The Labute approximate surface area is 130 Å². The number of rotatable bonds is 4. The molecule has 0 spiro atoms. The van der Waals surface area contributed by atoms with Crippen LogP contribution in [0.2, 0.25) is 4.47 Å². The number of thiazole rings is 1. The number of fused-ring (bicyclic) bond motifs is 1. The van der Waals surface area contributed by atoms with Gasteiger partial charge in [-0.05, 0) is 11.6 Å². The number of nitrogens with zero attached hydrogens (tertiary/aromatic N) is 2. The Morgan fingerprint density at radius 1 is 1.19 bits per heavy atom. The van der Waals surface area contributed by atoms with E-state index in [-0.39, 0.29) is 15.2 Å². The van der Waals surface area contributed by atoms with Crippen LogP contribution in [0.4, 0.5) is 0 Å². The number of pyridine rings is 1. The van der Waals surface area contributed by atoms with E-state index in [4.69, 9.17) is 11.6 Å². The molecule has 0 saturated heterocycles. The highest BCUT2D eigenvalue weighted by molar-refractivity contribution is 7.91. The van der Waals surface area contributed by atoms with Crippen molar-refractivity contribution in [3.8, 4) is 0 Å². The first-order chi connectivity index (χ1) is 10.1. The van der Waals surface area contributed by atoms with Gasteiger partial charge in [-0.15, -0.1) is 0 Å². The van der Waals surface area contributed by atoms with Gasteiger partial charge in [0.25, 0.3) is 10.0 Å². The predicted molar refractivity (Wildman–Crippen MR) is 82.9 cm³/mol. The smallest absolute Gasteiger partial charge is 0.252 e. The van der Waals surface area contributed by atoms with Gasteiger partial charge >= 0.3 is 0 Å². The molecule has 2 aromatic heterocycles. The third-order valence-electron chi connectivity index (χ3n) is 2.89. The van der Waals surface area contributed by atoms with Crippen LogP contribution in [0.3, 0.4) is 0 Å². The number of halogens is 1. The first kappa shape index (κ1) is 14.4. The number of sulfonamides is 1. The van der Waals surface area contributed by atoms with Crippen molar-refractivity contribution in [2.24, 2.45) is 0 Å². The molecule has 2 heterocycles. The Bertz CT molecular complexity index is 888. The Balaban J connectivity index is 1.87. The monoisotopic (exact) mass is 339 g/mol. The van der Waals surface area contributed by atoms with Gasteiger partial charge in [0.1, 0.15) is 0 Å². The molecule has 0 radical (unpaired) electrons. The van der Waals surface area contributed by atoms with Crippen molar-refractivity contribution in [2.75, 3.05) is 0 Å². The second-order valence-electron chi connectivity index (χ2n) is 4.25. The molecule has 0 unspecified atom stereocenters. The summed E-state index contributed by atoms with van der Waals surface area (Å²) in [6.45, 7) is 0.159. The van der Waals surface area contributed by atoms with Gasteiger partial charge in [-0.25, -0.2) is 18.1 Å². The van der Waals surface area contributed by atoms with Gasteiger partial charge in [-0.1, -0.05) is 47.2 Å². The minimum atomic E-state index is -3.61. The average Bonchev–Trinajstić information content (AvgIpc) is 2.93. The Morgan fingerprint density at radius 3 is 2.76 bits per heavy atom. The van der Waals surface area contributed by atoms with Crippen LogP contribution in [0.5, 0.6) is 0 Å². The van der Waals surface area contributed by atoms with Gasteiger partial charge < -0.3 is 0 Å². The van der Waals surface area contributed by atoms with Crippen LogP contribution < -0.4 is 4.72 Å². The van der Waals surface area contributed by atoms with Gasteiger partial charge in [0.05, 0.1) is 11.7 Å². The molecule has 3 rings (SSSR count). The average molecular weight is 340 g/mol. The van der Waals surface area contributed by atoms with E-state index < -0.39 is 10.0 Å². The number of para-hydroxylation sites is 1. The molecule has 0 bridgehead atoms. The molecular weight excluding hydrogens is 330 g/mol. The number of hydrogen-bond acceptors (Lipinski definition) is 5. The molecular formula is C13H10ClN3O2S2. The molecule has 1 aromatic carbocycles. The lowest BCUT2D eigenvalue weighted by atomic mass is 10.1. The fourth-order valence-corrected chi connectivity index (χ4v) is 4.26. The SMILES string of the molecule is O=S(=O)(NCc1cccc2cccnc12)c1cnc(Cl)s1. The maximum Gasteiger partial charge on any atom is 0.252 e. The summed E-state index contributed by atoms with van der Waals surface area (Å²) in [4.78, 5) is 8.03. The highest BCUT2D eigenvalue weighted by atomic mass is 35.5. The molecule has 0 saturated carbocycles. The first-order valence-corrected chi connectivity index (χ1v) is 8.68. The molecule has 0 atom stereocenters. The zero-order valence-electron chi connectivity index (χ0n) is 10.7. The molecule has 0 amide bonds. The Kier molecular flexibility index (Phi) is 3.90. The van der Waals surface area contributed by atoms with Crippen LogP contribution in [0.25, 0.3) is 10.9 Å². The molecule has 21 heavy (non-hydrogen) atoms. The second kappa shape index (κ2) is 5.69. The standard InChI is InChI=1S/C13H10ClN3O2S2/c14-13-16-8-11(20-13)21(18,19)17-7-10-4-1-3-9-5-2-6-15-12(9)10/h1-6,8,17H,7H2. The number of hydrogen-bond donors (Lipinski definition) is 1. The lowest BCUT2D eigenvalue weighted by molar-refractivity contribution is 0.583. The maximum atomic E-state index is 12.1. The molecule has 0 aliphatic heterocycles. The first-order valence-electron chi connectivity index (χ1n) is 6.00. The zero-order chi connectivity index (χ0) is 14.9. The lowest BCUT2D eigenvalue weighted by Gasteiger charge is -2.07. The van der Waals surface area contributed by atoms with Crippen molar-refractivity contribution in [3.63, 3.8) is 0 Å². The van der Waals surface area contributed by atoms with E-state index in [9.17, 15) is 8.42 Å². The summed E-state index contributed by atoms with van der Waals surface area (Å²) < 4.78 is 27.1. The highest BCUT2D eigenvalue weighted by Crippen LogP contribution is 2.23. The van der Waals surface area contributed by atoms with Crippen molar-refractivity contribution in [1.29, 1.82) is 0 Å². The van der Waals surface area contributed by atoms with E-state index in [0.29, 0.717) is 0 Å². The second-order valence-corrected chi connectivity index (χ2v) is 7.86. The number of benzene rings is 1. The van der Waals surface area contributed by atoms with Crippen molar-refractivity contribution in [1.82, 2.24) is 14.7 Å². The van der Waals surface area contributed by atoms with E-state index in [0.717, 1.165) is 27.8 Å². The summed E-state index contributed by atoms with van der Waals surface area (Å²) in [5.74, 6) is 0. The van der Waals surface area contributed by atoms with Crippen molar-refractivity contribution >= 4 is 43.9 Å². The highest BCUT2D eigenvalue weighted by Gasteiger charge is 2.17. The molecule has 0 aliphatic rings. The minimum absolute atomic E-state index is 0.0979. The van der Waals surface area contributed by atoms with Crippen LogP contribution in [-0.4, -0.2) is 18.4 Å². The summed E-state index contributed by atoms with van der Waals surface area (Å²) >= 11 is 6.59. The van der Waals surface area contributed by atoms with E-state index in [2.05, 4.69) is 14.7 Å². The topological polar surface area (TPSA) is 72.0 Å². The van der Waals surface area contributed by atoms with Gasteiger partial charge in [-0.3, -0.25) is 4.98 Å². The molecule has 5 nitrogen and oxygen atoms in total. The number of aromatic nitrogens is 2. The summed E-state index contributed by atoms with van der Waals surface area (Å²) in [5, 5.41) is 0.968. The quantitative estimate of drug-likeness (QED) is 0.793. The fourth-order valence-electron chi connectivity index (χ4n) is 1.92. The molecule has 8 heteroatoms. The summed E-state index contributed by atoms with van der Waals surface area (Å²) in [5.41, 5.74) is 1.59. The zero-order valence-corrected chi connectivity index (χ0v) is 13.0. The van der Waals surface area contributed by atoms with Gasteiger partial charge in [0, 0.05) is 18.1 Å². The van der Waals surface area contributed by atoms with Crippen molar-refractivity contribution < 1.29 is 8.42 Å². The van der Waals surface area contributed by atoms with E-state index in [1.54, 1.807) is 6.20 Å². The lowest BCUT2D eigenvalue weighted by Crippen LogP contribution is -2.22. The predicted octanol–water partition coefficient (Wildman–Crippen LogP) is 2.82. The minimum Gasteiger partial charge on any atom is -0.256 e. The summed E-state index contributed by atoms with van der Waals surface area (Å²) in [6, 6.07) is 9.43. The van der Waals surface area contributed by atoms with Gasteiger partial charge in [0.2, 0.25) is 0 Å². The van der Waals surface area contributed by atoms with Crippen molar-refractivity contribution in [3.05, 3.63) is 52.8 Å². The van der Waals surface area contributed by atoms with Crippen LogP contribution in [0.1, 0.15) is 5.56 Å². The summed E-state index contributed by atoms with van der Waals surface area (Å²) in [7, 11) is -3.61. The largest absolute Gasteiger partial charge is 0.256 e. The molecule has 0 fully saturated rings. The third kappa shape index (κ3) is 3.06. The molecule has 108 valence electrons. The van der Waals surface area contributed by atoms with E-state index >= 15 is 0 Å². The normalized spacial score (nSPS) is 11.9. The number of nitrogens with one attached hydrogen (secondary N) is 1. The van der Waals surface area contributed by atoms with Crippen LogP contribution in [0, 0.1) is 0 Å². The fraction of sp³-hybridized carbons (Fsp3) is 0.0769. The van der Waals surface area contributed by atoms with E-state index in [1.165, 1.54) is 6.20 Å². The Morgan fingerprint density at radius 2 is 2.00 bits per heavy atom. The Hall–Kier alpha value is -1.54. The summed E-state index contributed by atoms with van der Waals surface area (Å²) in [6.07, 6.45) is 2.93. The molecule has 3 aromatic rings. The van der Waals surface area contributed by atoms with Gasteiger partial charge in [-0.2, -0.15) is 0 Å². The maximum absolute atomic E-state index is 12.1. The third-order valence-corrected chi connectivity index (χ3v) is 5.87. The van der Waals surface area contributed by atoms with Gasteiger partial charge in [0.15, 0.2) is 8.68 Å².